The molecule has 1 aliphatic rings. The van der Waals surface area contributed by atoms with Crippen molar-refractivity contribution in [2.75, 3.05) is 13.1 Å². The number of carboxylic acids is 1. The highest BCUT2D eigenvalue weighted by Gasteiger charge is 2.34. The average Bonchev–Trinajstić information content (AvgIpc) is 2.41. The first-order valence-corrected chi connectivity index (χ1v) is 4.78. The normalized spacial score (nSPS) is 20.3. The monoisotopic (exact) mass is 212 g/mol. The molecule has 0 aliphatic carbocycles. The van der Waals surface area contributed by atoms with Gasteiger partial charge in [0, 0.05) is 18.5 Å². The minimum absolute atomic E-state index is 0.254. The maximum atomic E-state index is 10.5. The van der Waals surface area contributed by atoms with Gasteiger partial charge in [-0.15, -0.1) is 0 Å². The molecule has 0 fully saturated rings. The zero-order valence-electron chi connectivity index (χ0n) is 9.19. The molecule has 0 atom stereocenters. The van der Waals surface area contributed by atoms with Gasteiger partial charge in [-0.05, 0) is 6.92 Å². The van der Waals surface area contributed by atoms with Crippen molar-refractivity contribution in [1.82, 2.24) is 5.01 Å². The Morgan fingerprint density at radius 1 is 1.73 bits per heavy atom. The zero-order chi connectivity index (χ0) is 11.6. The van der Waals surface area contributed by atoms with E-state index in [1.807, 2.05) is 25.8 Å². The van der Waals surface area contributed by atoms with Crippen LogP contribution in [0.3, 0.4) is 0 Å². The SMILES string of the molecule is CCN1CC(C)(C)C(N=C(N)C(=O)O)=N1. The molecule has 0 aromatic carbocycles. The quantitative estimate of drug-likeness (QED) is 0.476. The highest BCUT2D eigenvalue weighted by molar-refractivity contribution is 6.35. The van der Waals surface area contributed by atoms with Gasteiger partial charge in [0.2, 0.25) is 5.84 Å². The molecule has 6 heteroatoms. The van der Waals surface area contributed by atoms with Crippen LogP contribution in [0, 0.1) is 5.41 Å². The van der Waals surface area contributed by atoms with E-state index < -0.39 is 11.8 Å². The fraction of sp³-hybridized carbons (Fsp3) is 0.667. The molecule has 0 radical (unpaired) electrons. The lowest BCUT2D eigenvalue weighted by atomic mass is 9.93. The predicted octanol–water partition coefficient (Wildman–Crippen LogP) is 0.103. The average molecular weight is 212 g/mol. The summed E-state index contributed by atoms with van der Waals surface area (Å²) in [5.74, 6) is -1.16. The number of nitrogens with zero attached hydrogens (tertiary/aromatic N) is 3. The topological polar surface area (TPSA) is 91.3 Å². The number of aliphatic imine (C=N–C) groups is 1. The number of rotatable bonds is 1. The molecule has 0 aromatic rings. The van der Waals surface area contributed by atoms with Gasteiger partial charge < -0.3 is 10.8 Å². The lowest BCUT2D eigenvalue weighted by Gasteiger charge is -2.18. The maximum Gasteiger partial charge on any atom is 0.371 e. The summed E-state index contributed by atoms with van der Waals surface area (Å²) in [5.41, 5.74) is 5.00. The lowest BCUT2D eigenvalue weighted by Crippen LogP contribution is -2.30. The number of hydrogen-bond donors (Lipinski definition) is 2. The van der Waals surface area contributed by atoms with Gasteiger partial charge in [-0.1, -0.05) is 13.8 Å². The molecule has 0 spiro atoms. The summed E-state index contributed by atoms with van der Waals surface area (Å²) >= 11 is 0. The van der Waals surface area contributed by atoms with E-state index >= 15 is 0 Å². The molecule has 1 rings (SSSR count). The van der Waals surface area contributed by atoms with Crippen LogP contribution in [-0.2, 0) is 4.79 Å². The highest BCUT2D eigenvalue weighted by Crippen LogP contribution is 2.26. The number of carbonyl (C=O) groups is 1. The molecule has 0 unspecified atom stereocenters. The minimum Gasteiger partial charge on any atom is -0.475 e. The van der Waals surface area contributed by atoms with Crippen molar-refractivity contribution in [1.29, 1.82) is 0 Å². The molecule has 0 aromatic heterocycles. The van der Waals surface area contributed by atoms with E-state index in [4.69, 9.17) is 10.8 Å². The Kier molecular flexibility index (Phi) is 2.97. The third-order valence-corrected chi connectivity index (χ3v) is 2.23. The van der Waals surface area contributed by atoms with Crippen molar-refractivity contribution >= 4 is 17.6 Å². The van der Waals surface area contributed by atoms with Crippen LogP contribution in [-0.4, -0.2) is 40.8 Å². The van der Waals surface area contributed by atoms with Gasteiger partial charge >= 0.3 is 5.97 Å². The van der Waals surface area contributed by atoms with Crippen LogP contribution in [0.25, 0.3) is 0 Å². The summed E-state index contributed by atoms with van der Waals surface area (Å²) in [7, 11) is 0. The molecular formula is C9H16N4O2. The number of carboxylic acid groups (broad SMARTS) is 1. The molecule has 0 saturated heterocycles. The van der Waals surface area contributed by atoms with Crippen LogP contribution in [0.1, 0.15) is 20.8 Å². The molecule has 1 heterocycles. The van der Waals surface area contributed by atoms with Crippen molar-refractivity contribution in [2.24, 2.45) is 21.2 Å². The number of aliphatic carboxylic acids is 1. The molecule has 0 amide bonds. The summed E-state index contributed by atoms with van der Waals surface area (Å²) in [6.07, 6.45) is 0. The second-order valence-electron chi connectivity index (χ2n) is 4.09. The Morgan fingerprint density at radius 2 is 2.33 bits per heavy atom. The highest BCUT2D eigenvalue weighted by atomic mass is 16.4. The van der Waals surface area contributed by atoms with Gasteiger partial charge in [-0.25, -0.2) is 9.79 Å². The number of amidine groups is 2. The van der Waals surface area contributed by atoms with Crippen molar-refractivity contribution in [3.05, 3.63) is 0 Å². The third kappa shape index (κ3) is 2.45. The van der Waals surface area contributed by atoms with Gasteiger partial charge in [0.1, 0.15) is 0 Å². The Bertz CT molecular complexity index is 333. The molecule has 15 heavy (non-hydrogen) atoms. The Morgan fingerprint density at radius 3 is 2.73 bits per heavy atom. The summed E-state index contributed by atoms with van der Waals surface area (Å²) in [6.45, 7) is 7.40. The van der Waals surface area contributed by atoms with E-state index in [1.54, 1.807) is 0 Å². The van der Waals surface area contributed by atoms with E-state index in [-0.39, 0.29) is 5.41 Å². The first kappa shape index (κ1) is 11.5. The fourth-order valence-corrected chi connectivity index (χ4v) is 1.35. The molecule has 0 bridgehead atoms. The van der Waals surface area contributed by atoms with Gasteiger partial charge in [0.05, 0.1) is 0 Å². The van der Waals surface area contributed by atoms with Crippen LogP contribution >= 0.6 is 0 Å². The first-order valence-electron chi connectivity index (χ1n) is 4.78. The molecule has 0 saturated carbocycles. The van der Waals surface area contributed by atoms with Gasteiger partial charge in [0.15, 0.2) is 5.84 Å². The predicted molar refractivity (Wildman–Crippen MR) is 57.7 cm³/mol. The summed E-state index contributed by atoms with van der Waals surface area (Å²) in [5, 5.41) is 14.7. The van der Waals surface area contributed by atoms with Gasteiger partial charge in [-0.3, -0.25) is 5.01 Å². The fourth-order valence-electron chi connectivity index (χ4n) is 1.35. The number of hydrazone groups is 1. The van der Waals surface area contributed by atoms with Crippen LogP contribution in [0.2, 0.25) is 0 Å². The van der Waals surface area contributed by atoms with Crippen LogP contribution in [0.5, 0.6) is 0 Å². The van der Waals surface area contributed by atoms with Crippen LogP contribution in [0.15, 0.2) is 10.1 Å². The summed E-state index contributed by atoms with van der Waals surface area (Å²) in [4.78, 5) is 14.4. The Hall–Kier alpha value is -1.59. The Labute approximate surface area is 88.5 Å². The zero-order valence-corrected chi connectivity index (χ0v) is 9.19. The summed E-state index contributed by atoms with van der Waals surface area (Å²) in [6, 6.07) is 0. The molecular weight excluding hydrogens is 196 g/mol. The largest absolute Gasteiger partial charge is 0.475 e. The van der Waals surface area contributed by atoms with E-state index in [9.17, 15) is 4.79 Å². The second kappa shape index (κ2) is 3.88. The van der Waals surface area contributed by atoms with Gasteiger partial charge in [-0.2, -0.15) is 5.10 Å². The van der Waals surface area contributed by atoms with Crippen molar-refractivity contribution in [2.45, 2.75) is 20.8 Å². The number of hydrogen-bond acceptors (Lipinski definition) is 4. The van der Waals surface area contributed by atoms with Crippen molar-refractivity contribution in [3.63, 3.8) is 0 Å². The third-order valence-electron chi connectivity index (χ3n) is 2.23. The van der Waals surface area contributed by atoms with E-state index in [0.717, 1.165) is 13.1 Å². The van der Waals surface area contributed by atoms with Crippen LogP contribution < -0.4 is 5.73 Å². The maximum absolute atomic E-state index is 10.5. The van der Waals surface area contributed by atoms with Crippen molar-refractivity contribution in [3.8, 4) is 0 Å². The van der Waals surface area contributed by atoms with Gasteiger partial charge in [0.25, 0.3) is 0 Å². The Balaban J connectivity index is 2.94. The van der Waals surface area contributed by atoms with E-state index in [1.165, 1.54) is 0 Å². The van der Waals surface area contributed by atoms with Crippen molar-refractivity contribution < 1.29 is 9.90 Å². The van der Waals surface area contributed by atoms with E-state index in [0.29, 0.717) is 5.84 Å². The lowest BCUT2D eigenvalue weighted by molar-refractivity contribution is -0.129. The van der Waals surface area contributed by atoms with E-state index in [2.05, 4.69) is 10.1 Å². The molecule has 6 nitrogen and oxygen atoms in total. The second-order valence-corrected chi connectivity index (χ2v) is 4.09. The summed E-state index contributed by atoms with van der Waals surface area (Å²) < 4.78 is 0. The molecule has 1 aliphatic heterocycles. The smallest absolute Gasteiger partial charge is 0.371 e. The standard InChI is InChI=1S/C9H16N4O2/c1-4-13-5-9(2,3)8(12-13)11-6(10)7(14)15/h4-5H2,1-3H3,(H,14,15)(H2,10,11,12). The minimum atomic E-state index is -1.22. The first-order chi connectivity index (χ1) is 6.86. The van der Waals surface area contributed by atoms with Crippen LogP contribution in [0.4, 0.5) is 0 Å². The molecule has 84 valence electrons. The molecule has 3 N–H and O–H groups in total. The number of nitrogens with two attached hydrogens (primary N) is 1.